The molecule has 5 heterocycles. The van der Waals surface area contributed by atoms with Crippen LogP contribution in [-0.4, -0.2) is 14.5 Å². The Balaban J connectivity index is 1.31. The zero-order valence-corrected chi connectivity index (χ0v) is 24.5. The standard InChI is InChI=1S/C31H19N5S4/c1-3-12-36-24-15-19(13-18(17-32)30-34-21-8-4-6-10-26(21)39-30)37-28(24)29-25(36)16-20(38-29)14-23(33-2)31-35-22-9-5-7-11-27(22)40-31/h4-11,13-16H,3,12H2,1H3/b18-13+,23-14-. The van der Waals surface area contributed by atoms with E-state index in [4.69, 9.17) is 16.5 Å². The zero-order valence-electron chi connectivity index (χ0n) is 21.2. The van der Waals surface area contributed by atoms with Gasteiger partial charge in [-0.05, 0) is 55.0 Å². The van der Waals surface area contributed by atoms with Crippen molar-refractivity contribution in [1.82, 2.24) is 14.5 Å². The first-order chi connectivity index (χ1) is 19.6. The number of aryl methyl sites for hydroxylation is 1. The van der Waals surface area contributed by atoms with Gasteiger partial charge in [0.25, 0.3) is 0 Å². The van der Waals surface area contributed by atoms with Gasteiger partial charge in [0.05, 0.1) is 53.0 Å². The molecule has 0 fully saturated rings. The van der Waals surface area contributed by atoms with Crippen LogP contribution in [-0.2, 0) is 6.54 Å². The molecule has 9 heteroatoms. The van der Waals surface area contributed by atoms with Crippen molar-refractivity contribution in [3.05, 3.63) is 91.9 Å². The number of hydrogen-bond donors (Lipinski definition) is 0. The van der Waals surface area contributed by atoms with E-state index in [1.807, 2.05) is 60.7 Å². The highest BCUT2D eigenvalue weighted by atomic mass is 32.1. The smallest absolute Gasteiger partial charge is 0.223 e. The maximum Gasteiger partial charge on any atom is 0.223 e. The van der Waals surface area contributed by atoms with Gasteiger partial charge in [-0.15, -0.1) is 45.3 Å². The number of allylic oxidation sites excluding steroid dienone is 1. The number of rotatable bonds is 6. The van der Waals surface area contributed by atoms with Crippen LogP contribution in [0.4, 0.5) is 0 Å². The van der Waals surface area contributed by atoms with Crippen LogP contribution in [0.1, 0.15) is 33.1 Å². The molecule has 7 aromatic rings. The van der Waals surface area contributed by atoms with Crippen molar-refractivity contribution in [2.45, 2.75) is 19.9 Å². The van der Waals surface area contributed by atoms with Crippen LogP contribution in [0, 0.1) is 17.9 Å². The van der Waals surface area contributed by atoms with E-state index in [2.05, 4.69) is 34.5 Å². The fourth-order valence-electron chi connectivity index (χ4n) is 4.79. The third-order valence-corrected chi connectivity index (χ3v) is 11.0. The van der Waals surface area contributed by atoms with Crippen LogP contribution in [0.25, 0.3) is 69.1 Å². The van der Waals surface area contributed by atoms with Crippen molar-refractivity contribution in [2.24, 2.45) is 0 Å². The normalized spacial score (nSPS) is 12.6. The van der Waals surface area contributed by atoms with Crippen molar-refractivity contribution in [3.63, 3.8) is 0 Å². The molecule has 192 valence electrons. The van der Waals surface area contributed by atoms with E-state index in [1.165, 1.54) is 20.4 Å². The predicted octanol–water partition coefficient (Wildman–Crippen LogP) is 10.0. The first-order valence-electron chi connectivity index (χ1n) is 12.6. The van der Waals surface area contributed by atoms with Crippen LogP contribution < -0.4 is 0 Å². The Morgan fingerprint density at radius 3 is 2.02 bits per heavy atom. The van der Waals surface area contributed by atoms with Crippen LogP contribution in [0.3, 0.4) is 0 Å². The molecule has 0 radical (unpaired) electrons. The molecule has 0 spiro atoms. The molecule has 0 saturated carbocycles. The summed E-state index contributed by atoms with van der Waals surface area (Å²) >= 11 is 6.51. The quantitative estimate of drug-likeness (QED) is 0.143. The molecule has 2 aromatic carbocycles. The lowest BCUT2D eigenvalue weighted by molar-refractivity contribution is 0.724. The maximum absolute atomic E-state index is 9.97. The minimum Gasteiger partial charge on any atom is -0.339 e. The number of fused-ring (bicyclic) bond motifs is 5. The van der Waals surface area contributed by atoms with E-state index in [0.717, 1.165) is 53.2 Å². The van der Waals surface area contributed by atoms with Gasteiger partial charge in [-0.25, -0.2) is 14.8 Å². The molecule has 0 amide bonds. The Morgan fingerprint density at radius 1 is 0.875 bits per heavy atom. The fraction of sp³-hybridized carbons (Fsp3) is 0.0968. The Labute approximate surface area is 246 Å². The van der Waals surface area contributed by atoms with Crippen molar-refractivity contribution < 1.29 is 0 Å². The minimum absolute atomic E-state index is 0.563. The van der Waals surface area contributed by atoms with Gasteiger partial charge in [-0.1, -0.05) is 31.2 Å². The third kappa shape index (κ3) is 4.25. The van der Waals surface area contributed by atoms with E-state index in [9.17, 15) is 5.26 Å². The second-order valence-corrected chi connectivity index (χ2v) is 13.4. The number of para-hydroxylation sites is 2. The number of nitriles is 1. The third-order valence-electron chi connectivity index (χ3n) is 6.54. The first-order valence-corrected chi connectivity index (χ1v) is 15.9. The maximum atomic E-state index is 9.97. The number of thiazole rings is 2. The van der Waals surface area contributed by atoms with E-state index in [0.29, 0.717) is 11.3 Å². The summed E-state index contributed by atoms with van der Waals surface area (Å²) in [6.45, 7) is 10.9. The van der Waals surface area contributed by atoms with Crippen molar-refractivity contribution >= 4 is 110 Å². The van der Waals surface area contributed by atoms with Gasteiger partial charge in [0, 0.05) is 16.3 Å². The molecular weight excluding hydrogens is 571 g/mol. The summed E-state index contributed by atoms with van der Waals surface area (Å²) in [6, 6.07) is 22.7. The lowest BCUT2D eigenvalue weighted by atomic mass is 10.2. The molecule has 5 nitrogen and oxygen atoms in total. The molecule has 0 bridgehead atoms. The summed E-state index contributed by atoms with van der Waals surface area (Å²) in [5.41, 5.74) is 5.36. The van der Waals surface area contributed by atoms with E-state index < -0.39 is 0 Å². The largest absolute Gasteiger partial charge is 0.339 e. The van der Waals surface area contributed by atoms with Gasteiger partial charge in [0.15, 0.2) is 0 Å². The van der Waals surface area contributed by atoms with Gasteiger partial charge in [0.1, 0.15) is 16.1 Å². The van der Waals surface area contributed by atoms with Gasteiger partial charge >= 0.3 is 0 Å². The zero-order chi connectivity index (χ0) is 27.2. The average molecular weight is 590 g/mol. The van der Waals surface area contributed by atoms with Gasteiger partial charge in [-0.2, -0.15) is 5.26 Å². The molecule has 0 N–H and O–H groups in total. The van der Waals surface area contributed by atoms with Crippen molar-refractivity contribution in [3.8, 4) is 6.07 Å². The topological polar surface area (TPSA) is 58.9 Å². The second-order valence-electron chi connectivity index (χ2n) is 9.16. The van der Waals surface area contributed by atoms with Crippen molar-refractivity contribution in [1.29, 1.82) is 5.26 Å². The molecule has 7 rings (SSSR count). The lowest BCUT2D eigenvalue weighted by Crippen LogP contribution is -1.94. The molecule has 0 aliphatic rings. The molecule has 40 heavy (non-hydrogen) atoms. The number of benzene rings is 2. The summed E-state index contributed by atoms with van der Waals surface area (Å²) < 4.78 is 6.96. The van der Waals surface area contributed by atoms with Crippen LogP contribution >= 0.6 is 45.3 Å². The average Bonchev–Trinajstić information content (AvgIpc) is 3.78. The summed E-state index contributed by atoms with van der Waals surface area (Å²) in [6.07, 6.45) is 4.94. The van der Waals surface area contributed by atoms with Gasteiger partial charge < -0.3 is 4.57 Å². The number of hydrogen-bond acceptors (Lipinski definition) is 7. The highest BCUT2D eigenvalue weighted by Crippen LogP contribution is 2.42. The Kier molecular flexibility index (Phi) is 6.30. The van der Waals surface area contributed by atoms with E-state index in [-0.39, 0.29) is 0 Å². The van der Waals surface area contributed by atoms with Crippen LogP contribution in [0.15, 0.2) is 60.7 Å². The van der Waals surface area contributed by atoms with E-state index in [1.54, 1.807) is 45.3 Å². The molecule has 0 unspecified atom stereocenters. The fourth-order valence-corrected chi connectivity index (χ4v) is 9.00. The molecule has 0 atom stereocenters. The Hall–Kier alpha value is -4.12. The lowest BCUT2D eigenvalue weighted by Gasteiger charge is -2.02. The van der Waals surface area contributed by atoms with Crippen LogP contribution in [0.5, 0.6) is 0 Å². The molecule has 0 aliphatic carbocycles. The highest BCUT2D eigenvalue weighted by molar-refractivity contribution is 7.28. The van der Waals surface area contributed by atoms with Gasteiger partial charge in [0.2, 0.25) is 5.70 Å². The predicted molar refractivity (Wildman–Crippen MR) is 173 cm³/mol. The summed E-state index contributed by atoms with van der Waals surface area (Å²) in [4.78, 5) is 15.3. The Morgan fingerprint density at radius 2 is 1.45 bits per heavy atom. The van der Waals surface area contributed by atoms with E-state index >= 15 is 0 Å². The highest BCUT2D eigenvalue weighted by Gasteiger charge is 2.18. The molecule has 5 aromatic heterocycles. The minimum atomic E-state index is 0.563. The second kappa shape index (κ2) is 10.1. The van der Waals surface area contributed by atoms with Crippen LogP contribution in [0.2, 0.25) is 0 Å². The van der Waals surface area contributed by atoms with Gasteiger partial charge in [-0.3, -0.25) is 0 Å². The monoisotopic (exact) mass is 589 g/mol. The summed E-state index contributed by atoms with van der Waals surface area (Å²) in [7, 11) is 0. The number of aromatic nitrogens is 3. The summed E-state index contributed by atoms with van der Waals surface area (Å²) in [5.74, 6) is 0. The Bertz CT molecular complexity index is 2000. The van der Waals surface area contributed by atoms with Crippen molar-refractivity contribution in [2.75, 3.05) is 0 Å². The number of thiophene rings is 2. The first kappa shape index (κ1) is 24.9. The number of nitrogens with zero attached hydrogens (tertiary/aromatic N) is 5. The summed E-state index contributed by atoms with van der Waals surface area (Å²) in [5, 5.41) is 11.5. The molecular formula is C31H19N5S4. The molecule has 0 saturated heterocycles. The molecule has 0 aliphatic heterocycles. The SMILES string of the molecule is [C-]#[N+]/C(=C\c1cc2c(s1)c1sc(/C=C(\C#N)c3nc4ccccc4s3)cc1n2CCC)c1nc2ccccc2s1.